The number of amides is 1. The molecule has 0 atom stereocenters. The van der Waals surface area contributed by atoms with Gasteiger partial charge in [0.2, 0.25) is 0 Å². The molecule has 1 fully saturated rings. The standard InChI is InChI=1S/C10H17F3N2O2/c11-10(12,13)9(17)15-5-2-8(3-6-15)14-4-1-7-16/h8,14,16H,1-7H2. The van der Waals surface area contributed by atoms with Gasteiger partial charge in [-0.3, -0.25) is 4.79 Å². The molecule has 7 heteroatoms. The predicted molar refractivity (Wildman–Crippen MR) is 55.4 cm³/mol. The van der Waals surface area contributed by atoms with Crippen LogP contribution in [0.1, 0.15) is 19.3 Å². The van der Waals surface area contributed by atoms with Crippen LogP contribution in [0.2, 0.25) is 0 Å². The molecular formula is C10H17F3N2O2. The third-order valence-corrected chi connectivity index (χ3v) is 2.79. The van der Waals surface area contributed by atoms with E-state index in [4.69, 9.17) is 5.11 Å². The van der Waals surface area contributed by atoms with Crippen molar-refractivity contribution in [3.8, 4) is 0 Å². The maximum atomic E-state index is 12.1. The van der Waals surface area contributed by atoms with Gasteiger partial charge in [0, 0.05) is 25.7 Å². The van der Waals surface area contributed by atoms with Crippen molar-refractivity contribution in [1.82, 2.24) is 10.2 Å². The molecule has 0 aromatic rings. The summed E-state index contributed by atoms with van der Waals surface area (Å²) in [4.78, 5) is 11.8. The van der Waals surface area contributed by atoms with Crippen molar-refractivity contribution in [1.29, 1.82) is 0 Å². The van der Waals surface area contributed by atoms with E-state index in [1.165, 1.54) is 0 Å². The SMILES string of the molecule is O=C(N1CCC(NCCCO)CC1)C(F)(F)F. The van der Waals surface area contributed by atoms with E-state index in [-0.39, 0.29) is 25.7 Å². The fourth-order valence-corrected chi connectivity index (χ4v) is 1.85. The number of nitrogens with zero attached hydrogens (tertiary/aromatic N) is 1. The molecule has 0 aromatic heterocycles. The van der Waals surface area contributed by atoms with Gasteiger partial charge in [0.1, 0.15) is 0 Å². The Morgan fingerprint density at radius 3 is 2.41 bits per heavy atom. The van der Waals surface area contributed by atoms with Crippen LogP contribution >= 0.6 is 0 Å². The van der Waals surface area contributed by atoms with Crippen LogP contribution in [0.5, 0.6) is 0 Å². The fourth-order valence-electron chi connectivity index (χ4n) is 1.85. The van der Waals surface area contributed by atoms with E-state index in [0.717, 1.165) is 4.90 Å². The van der Waals surface area contributed by atoms with E-state index < -0.39 is 12.1 Å². The first-order chi connectivity index (χ1) is 7.95. The first-order valence-corrected chi connectivity index (χ1v) is 5.65. The molecule has 100 valence electrons. The van der Waals surface area contributed by atoms with Gasteiger partial charge in [0.25, 0.3) is 0 Å². The molecule has 1 heterocycles. The molecule has 0 aromatic carbocycles. The molecule has 0 radical (unpaired) electrons. The molecule has 1 rings (SSSR count). The number of rotatable bonds is 4. The maximum absolute atomic E-state index is 12.1. The minimum absolute atomic E-state index is 0.0956. The van der Waals surface area contributed by atoms with Crippen molar-refractivity contribution in [2.75, 3.05) is 26.2 Å². The molecule has 0 saturated carbocycles. The van der Waals surface area contributed by atoms with Crippen molar-refractivity contribution in [3.63, 3.8) is 0 Å². The van der Waals surface area contributed by atoms with Crippen LogP contribution in [0, 0.1) is 0 Å². The molecule has 17 heavy (non-hydrogen) atoms. The van der Waals surface area contributed by atoms with Crippen molar-refractivity contribution < 1.29 is 23.1 Å². The second-order valence-electron chi connectivity index (χ2n) is 4.10. The Labute approximate surface area is 97.8 Å². The zero-order valence-electron chi connectivity index (χ0n) is 9.46. The number of nitrogens with one attached hydrogen (secondary N) is 1. The smallest absolute Gasteiger partial charge is 0.396 e. The van der Waals surface area contributed by atoms with E-state index in [9.17, 15) is 18.0 Å². The lowest BCUT2D eigenvalue weighted by molar-refractivity contribution is -0.186. The molecule has 1 amide bonds. The lowest BCUT2D eigenvalue weighted by atomic mass is 10.0. The average molecular weight is 254 g/mol. The van der Waals surface area contributed by atoms with Gasteiger partial charge in [-0.2, -0.15) is 13.2 Å². The van der Waals surface area contributed by atoms with Crippen molar-refractivity contribution >= 4 is 5.91 Å². The highest BCUT2D eigenvalue weighted by atomic mass is 19.4. The number of hydrogen-bond donors (Lipinski definition) is 2. The highest BCUT2D eigenvalue weighted by Crippen LogP contribution is 2.21. The Balaban J connectivity index is 2.28. The van der Waals surface area contributed by atoms with Gasteiger partial charge in [0.05, 0.1) is 0 Å². The molecule has 4 nitrogen and oxygen atoms in total. The summed E-state index contributed by atoms with van der Waals surface area (Å²) in [5.74, 6) is -1.74. The second-order valence-corrected chi connectivity index (χ2v) is 4.10. The highest BCUT2D eigenvalue weighted by Gasteiger charge is 2.43. The summed E-state index contributed by atoms with van der Waals surface area (Å²) in [6, 6.07) is 0.138. The zero-order chi connectivity index (χ0) is 12.9. The predicted octanol–water partition coefficient (Wildman–Crippen LogP) is 0.512. The number of carbonyl (C=O) groups is 1. The average Bonchev–Trinajstić information content (AvgIpc) is 2.28. The lowest BCUT2D eigenvalue weighted by Crippen LogP contribution is -2.49. The Hall–Kier alpha value is -0.820. The fraction of sp³-hybridized carbons (Fsp3) is 0.900. The number of hydrogen-bond acceptors (Lipinski definition) is 3. The summed E-state index contributed by atoms with van der Waals surface area (Å²) in [6.45, 7) is 1.01. The molecule has 0 bridgehead atoms. The van der Waals surface area contributed by atoms with Gasteiger partial charge in [-0.25, -0.2) is 0 Å². The first kappa shape index (κ1) is 14.2. The number of aliphatic hydroxyl groups excluding tert-OH is 1. The second kappa shape index (κ2) is 6.20. The van der Waals surface area contributed by atoms with Crippen molar-refractivity contribution in [2.45, 2.75) is 31.5 Å². The van der Waals surface area contributed by atoms with E-state index in [1.54, 1.807) is 0 Å². The molecule has 0 spiro atoms. The maximum Gasteiger partial charge on any atom is 0.471 e. The molecule has 1 aliphatic rings. The monoisotopic (exact) mass is 254 g/mol. The van der Waals surface area contributed by atoms with Crippen LogP contribution in [0.4, 0.5) is 13.2 Å². The molecule has 2 N–H and O–H groups in total. The van der Waals surface area contributed by atoms with Crippen LogP contribution in [0.25, 0.3) is 0 Å². The van der Waals surface area contributed by atoms with E-state index >= 15 is 0 Å². The third-order valence-electron chi connectivity index (χ3n) is 2.79. The van der Waals surface area contributed by atoms with E-state index in [1.807, 2.05) is 0 Å². The molecular weight excluding hydrogens is 237 g/mol. The Morgan fingerprint density at radius 2 is 1.94 bits per heavy atom. The minimum Gasteiger partial charge on any atom is -0.396 e. The van der Waals surface area contributed by atoms with E-state index in [0.29, 0.717) is 25.8 Å². The topological polar surface area (TPSA) is 52.6 Å². The third kappa shape index (κ3) is 4.51. The summed E-state index contributed by atoms with van der Waals surface area (Å²) in [7, 11) is 0. The zero-order valence-corrected chi connectivity index (χ0v) is 9.46. The number of halogens is 3. The quantitative estimate of drug-likeness (QED) is 0.719. The normalized spacial score (nSPS) is 18.5. The van der Waals surface area contributed by atoms with Crippen molar-refractivity contribution in [3.05, 3.63) is 0 Å². The van der Waals surface area contributed by atoms with Crippen LogP contribution < -0.4 is 5.32 Å². The van der Waals surface area contributed by atoms with Gasteiger partial charge >= 0.3 is 12.1 Å². The summed E-state index contributed by atoms with van der Waals surface area (Å²) in [6.07, 6.45) is -3.10. The van der Waals surface area contributed by atoms with Crippen LogP contribution in [-0.2, 0) is 4.79 Å². The largest absolute Gasteiger partial charge is 0.471 e. The first-order valence-electron chi connectivity index (χ1n) is 5.65. The Bertz CT molecular complexity index is 250. The lowest BCUT2D eigenvalue weighted by Gasteiger charge is -2.32. The van der Waals surface area contributed by atoms with Crippen LogP contribution in [0.3, 0.4) is 0 Å². The summed E-state index contributed by atoms with van der Waals surface area (Å²) >= 11 is 0. The van der Waals surface area contributed by atoms with Gasteiger partial charge < -0.3 is 15.3 Å². The number of carbonyl (C=O) groups excluding carboxylic acids is 1. The number of alkyl halides is 3. The van der Waals surface area contributed by atoms with Crippen molar-refractivity contribution in [2.24, 2.45) is 0 Å². The van der Waals surface area contributed by atoms with E-state index in [2.05, 4.69) is 5.32 Å². The molecule has 1 aliphatic heterocycles. The van der Waals surface area contributed by atoms with Gasteiger partial charge in [-0.15, -0.1) is 0 Å². The summed E-state index contributed by atoms with van der Waals surface area (Å²) in [5, 5.41) is 11.7. The number of likely N-dealkylation sites (tertiary alicyclic amines) is 1. The van der Waals surface area contributed by atoms with Crippen LogP contribution in [-0.4, -0.2) is 54.4 Å². The molecule has 0 unspecified atom stereocenters. The highest BCUT2D eigenvalue weighted by molar-refractivity contribution is 5.81. The Kier molecular flexibility index (Phi) is 5.20. The van der Waals surface area contributed by atoms with Gasteiger partial charge in [0.15, 0.2) is 0 Å². The summed E-state index contributed by atoms with van der Waals surface area (Å²) < 4.78 is 36.4. The summed E-state index contributed by atoms with van der Waals surface area (Å²) in [5.41, 5.74) is 0. The Morgan fingerprint density at radius 1 is 1.35 bits per heavy atom. The molecule has 1 saturated heterocycles. The van der Waals surface area contributed by atoms with Crippen LogP contribution in [0.15, 0.2) is 0 Å². The van der Waals surface area contributed by atoms with Gasteiger partial charge in [-0.1, -0.05) is 0 Å². The minimum atomic E-state index is -4.77. The number of piperidine rings is 1. The van der Waals surface area contributed by atoms with Gasteiger partial charge in [-0.05, 0) is 25.8 Å². The molecule has 0 aliphatic carbocycles. The number of aliphatic hydroxyl groups is 1.